The first kappa shape index (κ1) is 39.8. The van der Waals surface area contributed by atoms with Gasteiger partial charge in [-0.25, -0.2) is 14.0 Å². The molecule has 0 radical (unpaired) electrons. The van der Waals surface area contributed by atoms with Crippen molar-refractivity contribution in [2.24, 2.45) is 35.5 Å². The van der Waals surface area contributed by atoms with Gasteiger partial charge in [-0.3, -0.25) is 14.7 Å². The van der Waals surface area contributed by atoms with Crippen LogP contribution in [0.1, 0.15) is 126 Å². The summed E-state index contributed by atoms with van der Waals surface area (Å²) < 4.78 is 5.25. The lowest BCUT2D eigenvalue weighted by Gasteiger charge is -2.58. The zero-order valence-corrected chi connectivity index (χ0v) is 34.8. The summed E-state index contributed by atoms with van der Waals surface area (Å²) in [6.07, 6.45) is 19.9. The van der Waals surface area contributed by atoms with E-state index in [-0.39, 0.29) is 35.0 Å². The molecule has 8 fully saturated rings. The zero-order valence-electron chi connectivity index (χ0n) is 34.0. The van der Waals surface area contributed by atoms with Crippen LogP contribution >= 0.6 is 11.6 Å². The molecule has 4 unspecified atom stereocenters. The standard InChI is InChI=1S/C21H29N5O2.C18H26ClN3O2.C3H4N2/c1-20(2,3)26-19(25-6-4-5-22-25)16(12-23-26)18(27)24-17-14-7-13-8-15(17)11-21(28,9-13)10-14;1-17(2,3)22-15(19)13(9-20-22)16(23)21-14-11-4-10-5-12(14)8-18(24,6-10)7-11;1-2-4-5-3-1/h4-6,12-15,17,28H,7-11H2,1-3H3,(H,24,27);9-12,14,24H,4-8H2,1-3H3,(H,21,23);1-3H,(H,4,5). The maximum absolute atomic E-state index is 13.3. The number of hydrogen-bond donors (Lipinski definition) is 5. The summed E-state index contributed by atoms with van der Waals surface area (Å²) in [5.41, 5.74) is -0.514. The quantitative estimate of drug-likeness (QED) is 0.166. The molecule has 2 amide bonds. The second-order valence-corrected chi connectivity index (χ2v) is 20.4. The molecule has 4 aromatic rings. The number of aromatic amines is 1. The van der Waals surface area contributed by atoms with Crippen molar-refractivity contribution in [3.63, 3.8) is 0 Å². The van der Waals surface area contributed by atoms with Crippen LogP contribution in [0.15, 0.2) is 49.3 Å². The maximum atomic E-state index is 13.3. The largest absolute Gasteiger partial charge is 0.390 e. The average molecular weight is 803 g/mol. The van der Waals surface area contributed by atoms with Gasteiger partial charge in [0.05, 0.1) is 40.2 Å². The van der Waals surface area contributed by atoms with Crippen molar-refractivity contribution < 1.29 is 19.8 Å². The maximum Gasteiger partial charge on any atom is 0.256 e. The highest BCUT2D eigenvalue weighted by atomic mass is 35.5. The summed E-state index contributed by atoms with van der Waals surface area (Å²) in [4.78, 5) is 26.1. The molecule has 308 valence electrons. The first-order valence-corrected chi connectivity index (χ1v) is 21.1. The lowest BCUT2D eigenvalue weighted by atomic mass is 9.52. The number of carbonyl (C=O) groups excluding carboxylic acids is 2. The van der Waals surface area contributed by atoms with Crippen LogP contribution in [0, 0.1) is 35.5 Å². The third kappa shape index (κ3) is 7.93. The number of halogens is 1. The van der Waals surface area contributed by atoms with Crippen LogP contribution in [0.3, 0.4) is 0 Å². The minimum Gasteiger partial charge on any atom is -0.390 e. The second kappa shape index (κ2) is 14.7. The number of rotatable bonds is 5. The van der Waals surface area contributed by atoms with Crippen LogP contribution < -0.4 is 10.6 Å². The van der Waals surface area contributed by atoms with Crippen molar-refractivity contribution >= 4 is 23.4 Å². The van der Waals surface area contributed by atoms with E-state index in [1.54, 1.807) is 40.3 Å². The Morgan fingerprint density at radius 2 is 1.21 bits per heavy atom. The number of nitrogens with one attached hydrogen (secondary N) is 3. The van der Waals surface area contributed by atoms with E-state index in [0.29, 0.717) is 57.6 Å². The molecule has 8 saturated carbocycles. The van der Waals surface area contributed by atoms with Crippen LogP contribution in [-0.2, 0) is 11.1 Å². The first-order chi connectivity index (χ1) is 26.9. The summed E-state index contributed by atoms with van der Waals surface area (Å²) in [6, 6.07) is 3.98. The van der Waals surface area contributed by atoms with Gasteiger partial charge in [-0.2, -0.15) is 20.4 Å². The van der Waals surface area contributed by atoms with Gasteiger partial charge in [0.2, 0.25) is 0 Å². The molecule has 57 heavy (non-hydrogen) atoms. The van der Waals surface area contributed by atoms with Crippen molar-refractivity contribution in [2.75, 3.05) is 0 Å². The normalized spacial score (nSPS) is 33.3. The first-order valence-electron chi connectivity index (χ1n) is 20.7. The molecule has 4 atom stereocenters. The van der Waals surface area contributed by atoms with Crippen LogP contribution in [0.5, 0.6) is 0 Å². The summed E-state index contributed by atoms with van der Waals surface area (Å²) in [5, 5.41) is 47.7. The fraction of sp³-hybridized carbons (Fsp3) is 0.667. The fourth-order valence-corrected chi connectivity index (χ4v) is 12.1. The highest BCUT2D eigenvalue weighted by molar-refractivity contribution is 6.32. The molecule has 0 saturated heterocycles. The summed E-state index contributed by atoms with van der Waals surface area (Å²) in [7, 11) is 0. The highest BCUT2D eigenvalue weighted by Crippen LogP contribution is 2.57. The Hall–Kier alpha value is -4.01. The minimum atomic E-state index is -0.491. The van der Waals surface area contributed by atoms with Gasteiger partial charge in [-0.15, -0.1) is 0 Å². The van der Waals surface area contributed by atoms with E-state index in [4.69, 9.17) is 11.6 Å². The number of H-pyrrole nitrogens is 1. The monoisotopic (exact) mass is 802 g/mol. The Balaban J connectivity index is 0.000000143. The molecule has 0 spiro atoms. The second-order valence-electron chi connectivity index (χ2n) is 20.0. The molecule has 8 bridgehead atoms. The summed E-state index contributed by atoms with van der Waals surface area (Å²) >= 11 is 6.39. The van der Waals surface area contributed by atoms with Gasteiger partial charge in [0.15, 0.2) is 5.82 Å². The Bertz CT molecular complexity index is 1990. The molecular weight excluding hydrogens is 744 g/mol. The number of aliphatic hydroxyl groups is 2. The van der Waals surface area contributed by atoms with Gasteiger partial charge in [0.25, 0.3) is 11.8 Å². The van der Waals surface area contributed by atoms with E-state index in [1.807, 2.05) is 43.8 Å². The Morgan fingerprint density at radius 3 is 1.60 bits per heavy atom. The van der Waals surface area contributed by atoms with E-state index >= 15 is 0 Å². The van der Waals surface area contributed by atoms with Gasteiger partial charge in [-0.1, -0.05) is 11.6 Å². The van der Waals surface area contributed by atoms with Gasteiger partial charge in [-0.05, 0) is 153 Å². The Labute approximate surface area is 339 Å². The lowest BCUT2D eigenvalue weighted by Crippen LogP contribution is -2.61. The smallest absolute Gasteiger partial charge is 0.256 e. The Kier molecular flexibility index (Phi) is 10.2. The van der Waals surface area contributed by atoms with Gasteiger partial charge in [0.1, 0.15) is 10.7 Å². The van der Waals surface area contributed by atoms with Crippen molar-refractivity contribution in [3.05, 3.63) is 65.6 Å². The zero-order chi connectivity index (χ0) is 40.5. The molecule has 5 N–H and O–H groups in total. The number of aromatic nitrogens is 8. The van der Waals surface area contributed by atoms with E-state index in [9.17, 15) is 19.8 Å². The van der Waals surface area contributed by atoms with Crippen LogP contribution in [-0.4, -0.2) is 84.9 Å². The van der Waals surface area contributed by atoms with Gasteiger partial charge >= 0.3 is 0 Å². The SMILES string of the molecule is CC(C)(C)n1ncc(C(=O)NC2C3CC4CC2CC(O)(C4)C3)c1-n1cccn1.CC(C)(C)n1ncc(C(=O)NC2C3CC4CC2CC(O)(C4)C3)c1Cl.c1cn[nH]c1. The third-order valence-corrected chi connectivity index (χ3v) is 13.8. The van der Waals surface area contributed by atoms with Crippen molar-refractivity contribution in [3.8, 4) is 5.82 Å². The molecule has 4 heterocycles. The minimum absolute atomic E-state index is 0.0922. The fourth-order valence-electron chi connectivity index (χ4n) is 11.7. The predicted octanol–water partition coefficient (Wildman–Crippen LogP) is 5.86. The number of hydrogen-bond acceptors (Lipinski definition) is 8. The number of nitrogens with zero attached hydrogens (tertiary/aromatic N) is 7. The molecular formula is C42H59ClN10O4. The predicted molar refractivity (Wildman–Crippen MR) is 215 cm³/mol. The molecule has 4 aromatic heterocycles. The van der Waals surface area contributed by atoms with E-state index in [2.05, 4.69) is 56.9 Å². The lowest BCUT2D eigenvalue weighted by molar-refractivity contribution is -0.137. The molecule has 15 heteroatoms. The molecule has 14 nitrogen and oxygen atoms in total. The van der Waals surface area contributed by atoms with E-state index < -0.39 is 11.2 Å². The number of amides is 2. The molecule has 0 aromatic carbocycles. The molecule has 8 aliphatic carbocycles. The third-order valence-electron chi connectivity index (χ3n) is 13.4. The van der Waals surface area contributed by atoms with Crippen molar-refractivity contribution in [1.29, 1.82) is 0 Å². The Morgan fingerprint density at radius 1 is 0.719 bits per heavy atom. The summed E-state index contributed by atoms with van der Waals surface area (Å²) in [5.74, 6) is 3.26. The molecule has 0 aliphatic heterocycles. The highest BCUT2D eigenvalue weighted by Gasteiger charge is 2.56. The van der Waals surface area contributed by atoms with Crippen LogP contribution in [0.25, 0.3) is 5.82 Å². The topological polar surface area (TPSA) is 181 Å². The average Bonchev–Trinajstić information content (AvgIpc) is 3.94. The van der Waals surface area contributed by atoms with Crippen molar-refractivity contribution in [2.45, 2.75) is 140 Å². The molecule has 12 rings (SSSR count). The van der Waals surface area contributed by atoms with E-state index in [1.165, 1.54) is 0 Å². The van der Waals surface area contributed by atoms with Crippen LogP contribution in [0.2, 0.25) is 5.15 Å². The van der Waals surface area contributed by atoms with Crippen LogP contribution in [0.4, 0.5) is 0 Å². The van der Waals surface area contributed by atoms with E-state index in [0.717, 1.165) is 64.2 Å². The van der Waals surface area contributed by atoms with Gasteiger partial charge < -0.3 is 20.8 Å². The molecule has 8 aliphatic rings. The van der Waals surface area contributed by atoms with Gasteiger partial charge in [0, 0.05) is 36.9 Å². The van der Waals surface area contributed by atoms with Crippen molar-refractivity contribution in [1.82, 2.24) is 50.2 Å². The summed E-state index contributed by atoms with van der Waals surface area (Å²) in [6.45, 7) is 12.2. The number of carbonyl (C=O) groups is 2.